The average molecular weight is 346 g/mol. The molecule has 4 nitrogen and oxygen atoms in total. The Labute approximate surface area is 153 Å². The lowest BCUT2D eigenvalue weighted by atomic mass is 9.91. The van der Waals surface area contributed by atoms with Crippen molar-refractivity contribution < 1.29 is 9.47 Å². The fourth-order valence-electron chi connectivity index (χ4n) is 3.79. The van der Waals surface area contributed by atoms with Crippen molar-refractivity contribution in [1.29, 1.82) is 5.41 Å². The second kappa shape index (κ2) is 6.37. The van der Waals surface area contributed by atoms with Gasteiger partial charge in [-0.2, -0.15) is 0 Å². The summed E-state index contributed by atoms with van der Waals surface area (Å²) in [5.74, 6) is 2.29. The molecule has 0 aromatic heterocycles. The van der Waals surface area contributed by atoms with E-state index in [0.717, 1.165) is 39.1 Å². The smallest absolute Gasteiger partial charge is 0.132 e. The summed E-state index contributed by atoms with van der Waals surface area (Å²) in [5.41, 5.74) is 4.39. The molecule has 0 radical (unpaired) electrons. The van der Waals surface area contributed by atoms with Gasteiger partial charge in [-0.25, -0.2) is 0 Å². The number of rotatable bonds is 3. The topological polar surface area (TPSA) is 45.6 Å². The predicted molar refractivity (Wildman–Crippen MR) is 106 cm³/mol. The van der Waals surface area contributed by atoms with Gasteiger partial charge in [0.1, 0.15) is 17.3 Å². The first-order chi connectivity index (χ1) is 12.6. The monoisotopic (exact) mass is 346 g/mol. The number of fused-ring (bicyclic) bond motifs is 2. The first kappa shape index (κ1) is 16.5. The zero-order valence-corrected chi connectivity index (χ0v) is 15.3. The highest BCUT2D eigenvalue weighted by molar-refractivity contribution is 6.03. The Bertz CT molecular complexity index is 993. The molecule has 0 fully saturated rings. The van der Waals surface area contributed by atoms with Crippen LogP contribution < -0.4 is 14.4 Å². The van der Waals surface area contributed by atoms with Crippen molar-refractivity contribution >= 4 is 22.3 Å². The highest BCUT2D eigenvalue weighted by Crippen LogP contribution is 2.44. The van der Waals surface area contributed by atoms with Crippen LogP contribution in [0.3, 0.4) is 0 Å². The molecule has 0 saturated heterocycles. The van der Waals surface area contributed by atoms with Gasteiger partial charge in [0, 0.05) is 34.0 Å². The molecule has 0 unspecified atom stereocenters. The van der Waals surface area contributed by atoms with Gasteiger partial charge in [-0.15, -0.1) is 0 Å². The summed E-state index contributed by atoms with van der Waals surface area (Å²) in [6.45, 7) is 2.67. The van der Waals surface area contributed by atoms with E-state index < -0.39 is 0 Å². The molecule has 4 rings (SSSR count). The fraction of sp³-hybridized carbons (Fsp3) is 0.227. The Morgan fingerprint density at radius 3 is 2.00 bits per heavy atom. The van der Waals surface area contributed by atoms with Gasteiger partial charge in [-0.3, -0.25) is 5.41 Å². The Morgan fingerprint density at radius 2 is 1.42 bits per heavy atom. The number of hydrogen-bond acceptors (Lipinski definition) is 3. The third kappa shape index (κ3) is 2.49. The largest absolute Gasteiger partial charge is 0.496 e. The first-order valence-electron chi connectivity index (χ1n) is 8.70. The lowest BCUT2D eigenvalue weighted by molar-refractivity contribution is 0.402. The molecule has 0 atom stereocenters. The predicted octanol–water partition coefficient (Wildman–Crippen LogP) is 4.71. The number of methoxy groups -OCH3 is 2. The van der Waals surface area contributed by atoms with Crippen molar-refractivity contribution in [2.75, 3.05) is 19.1 Å². The van der Waals surface area contributed by atoms with Gasteiger partial charge >= 0.3 is 0 Å². The lowest BCUT2D eigenvalue weighted by Gasteiger charge is -2.33. The number of benzene rings is 3. The number of nitrogens with zero attached hydrogens (tertiary/aromatic N) is 1. The van der Waals surface area contributed by atoms with Gasteiger partial charge in [-0.05, 0) is 19.1 Å². The summed E-state index contributed by atoms with van der Waals surface area (Å²) in [4.78, 5) is 2.04. The molecule has 1 aliphatic heterocycles. The SMILES string of the molecule is COc1c2c(c(OC)c3ccccc13)CN(c1ccc(C)cc1)C(=N)C2. The summed E-state index contributed by atoms with van der Waals surface area (Å²) >= 11 is 0. The highest BCUT2D eigenvalue weighted by Gasteiger charge is 2.29. The molecule has 132 valence electrons. The van der Waals surface area contributed by atoms with Crippen LogP contribution in [-0.4, -0.2) is 20.1 Å². The van der Waals surface area contributed by atoms with E-state index in [1.54, 1.807) is 14.2 Å². The molecule has 1 heterocycles. The van der Waals surface area contributed by atoms with Crippen molar-refractivity contribution in [3.8, 4) is 11.5 Å². The van der Waals surface area contributed by atoms with Crippen LogP contribution >= 0.6 is 0 Å². The summed E-state index contributed by atoms with van der Waals surface area (Å²) < 4.78 is 11.6. The molecule has 0 saturated carbocycles. The number of aryl methyl sites for hydroxylation is 1. The van der Waals surface area contributed by atoms with Gasteiger partial charge in [-0.1, -0.05) is 42.0 Å². The minimum Gasteiger partial charge on any atom is -0.496 e. The Kier molecular flexibility index (Phi) is 4.03. The zero-order chi connectivity index (χ0) is 18.3. The second-order valence-corrected chi connectivity index (χ2v) is 6.61. The molecule has 4 heteroatoms. The number of ether oxygens (including phenoxy) is 2. The maximum Gasteiger partial charge on any atom is 0.132 e. The molecule has 0 spiro atoms. The van der Waals surface area contributed by atoms with E-state index in [9.17, 15) is 0 Å². The van der Waals surface area contributed by atoms with Crippen molar-refractivity contribution in [2.45, 2.75) is 19.9 Å². The number of hydrogen-bond donors (Lipinski definition) is 1. The van der Waals surface area contributed by atoms with E-state index in [1.807, 2.05) is 23.1 Å². The Balaban J connectivity index is 1.92. The number of amidine groups is 1. The second-order valence-electron chi connectivity index (χ2n) is 6.61. The molecular formula is C22H22N2O2. The van der Waals surface area contributed by atoms with Crippen LogP contribution in [0.25, 0.3) is 10.8 Å². The van der Waals surface area contributed by atoms with Crippen LogP contribution in [0.4, 0.5) is 5.69 Å². The highest BCUT2D eigenvalue weighted by atomic mass is 16.5. The average Bonchev–Trinajstić information content (AvgIpc) is 2.66. The maximum absolute atomic E-state index is 8.60. The van der Waals surface area contributed by atoms with Crippen molar-refractivity contribution in [1.82, 2.24) is 0 Å². The van der Waals surface area contributed by atoms with Crippen LogP contribution in [0.15, 0.2) is 48.5 Å². The van der Waals surface area contributed by atoms with Gasteiger partial charge in [0.2, 0.25) is 0 Å². The first-order valence-corrected chi connectivity index (χ1v) is 8.70. The summed E-state index contributed by atoms with van der Waals surface area (Å²) in [7, 11) is 3.41. The third-order valence-corrected chi connectivity index (χ3v) is 5.07. The minimum atomic E-state index is 0.521. The van der Waals surface area contributed by atoms with E-state index in [4.69, 9.17) is 14.9 Å². The third-order valence-electron chi connectivity index (χ3n) is 5.07. The van der Waals surface area contributed by atoms with Gasteiger partial charge in [0.15, 0.2) is 0 Å². The molecule has 26 heavy (non-hydrogen) atoms. The van der Waals surface area contributed by atoms with Gasteiger partial charge < -0.3 is 14.4 Å². The lowest BCUT2D eigenvalue weighted by Crippen LogP contribution is -2.36. The zero-order valence-electron chi connectivity index (χ0n) is 15.3. The normalized spacial score (nSPS) is 13.7. The van der Waals surface area contributed by atoms with Gasteiger partial charge in [0.05, 0.1) is 20.8 Å². The molecule has 3 aromatic carbocycles. The van der Waals surface area contributed by atoms with E-state index in [2.05, 4.69) is 37.3 Å². The molecule has 1 N–H and O–H groups in total. The van der Waals surface area contributed by atoms with E-state index in [1.165, 1.54) is 5.56 Å². The summed E-state index contributed by atoms with van der Waals surface area (Å²) in [6.07, 6.45) is 0.521. The summed E-state index contributed by atoms with van der Waals surface area (Å²) in [6, 6.07) is 16.4. The maximum atomic E-state index is 8.60. The van der Waals surface area contributed by atoms with E-state index >= 15 is 0 Å². The van der Waals surface area contributed by atoms with E-state index in [-0.39, 0.29) is 0 Å². The van der Waals surface area contributed by atoms with E-state index in [0.29, 0.717) is 18.8 Å². The number of anilines is 1. The van der Waals surface area contributed by atoms with Crippen molar-refractivity contribution in [3.05, 3.63) is 65.2 Å². The molecule has 0 bridgehead atoms. The number of nitrogens with one attached hydrogen (secondary N) is 1. The Morgan fingerprint density at radius 1 is 0.846 bits per heavy atom. The molecule has 3 aromatic rings. The fourth-order valence-corrected chi connectivity index (χ4v) is 3.79. The molecular weight excluding hydrogens is 324 g/mol. The molecule has 0 aliphatic carbocycles. The van der Waals surface area contributed by atoms with Crippen molar-refractivity contribution in [3.63, 3.8) is 0 Å². The van der Waals surface area contributed by atoms with Crippen LogP contribution in [-0.2, 0) is 13.0 Å². The standard InChI is InChI=1S/C22H22N2O2/c1-14-8-10-15(11-9-14)24-13-19-18(12-20(24)23)21(25-2)16-6-4-5-7-17(16)22(19)26-3/h4-11,23H,12-13H2,1-3H3. The molecule has 0 amide bonds. The van der Waals surface area contributed by atoms with Crippen LogP contribution in [0, 0.1) is 12.3 Å². The minimum absolute atomic E-state index is 0.521. The quantitative estimate of drug-likeness (QED) is 0.747. The van der Waals surface area contributed by atoms with Crippen molar-refractivity contribution in [2.24, 2.45) is 0 Å². The van der Waals surface area contributed by atoms with Crippen LogP contribution in [0.5, 0.6) is 11.5 Å². The summed E-state index contributed by atoms with van der Waals surface area (Å²) in [5, 5.41) is 10.7. The Hall–Kier alpha value is -3.01. The van der Waals surface area contributed by atoms with Gasteiger partial charge in [0.25, 0.3) is 0 Å². The van der Waals surface area contributed by atoms with Crippen LogP contribution in [0.2, 0.25) is 0 Å². The van der Waals surface area contributed by atoms with Crippen LogP contribution in [0.1, 0.15) is 16.7 Å². The molecule has 1 aliphatic rings.